The van der Waals surface area contributed by atoms with Crippen LogP contribution in [-0.2, 0) is 0 Å². The molecule has 0 bridgehead atoms. The van der Waals surface area contributed by atoms with Crippen molar-refractivity contribution >= 4 is 5.97 Å². The van der Waals surface area contributed by atoms with Gasteiger partial charge in [0.2, 0.25) is 0 Å². The quantitative estimate of drug-likeness (QED) is 0.848. The Morgan fingerprint density at radius 2 is 1.94 bits per heavy atom. The number of ether oxygens (including phenoxy) is 1. The minimum Gasteiger partial charge on any atom is -0.478 e. The van der Waals surface area contributed by atoms with Gasteiger partial charge in [-0.05, 0) is 12.1 Å². The van der Waals surface area contributed by atoms with E-state index in [9.17, 15) is 22.4 Å². The van der Waals surface area contributed by atoms with Crippen LogP contribution >= 0.6 is 0 Å². The van der Waals surface area contributed by atoms with E-state index in [0.29, 0.717) is 6.07 Å². The van der Waals surface area contributed by atoms with Crippen LogP contribution < -0.4 is 4.74 Å². The molecule has 96 valence electrons. The van der Waals surface area contributed by atoms with E-state index in [1.807, 2.05) is 0 Å². The van der Waals surface area contributed by atoms with E-state index >= 15 is 0 Å². The second kappa shape index (κ2) is 5.35. The van der Waals surface area contributed by atoms with Crippen LogP contribution in [0.15, 0.2) is 12.1 Å². The van der Waals surface area contributed by atoms with Crippen LogP contribution in [0.4, 0.5) is 17.6 Å². The van der Waals surface area contributed by atoms with Crippen molar-refractivity contribution in [2.24, 2.45) is 0 Å². The first-order chi connectivity index (χ1) is 8.38. The normalized spacial score (nSPS) is 10.5. The van der Waals surface area contributed by atoms with Crippen molar-refractivity contribution < 1.29 is 32.2 Å². The zero-order valence-corrected chi connectivity index (χ0v) is 8.53. The molecular formula is C10H5F4NO3. The van der Waals surface area contributed by atoms with Crippen molar-refractivity contribution in [3.63, 3.8) is 0 Å². The Hall–Kier alpha value is -2.30. The fourth-order valence-corrected chi connectivity index (χ4v) is 1.31. The zero-order chi connectivity index (χ0) is 13.9. The molecule has 1 aromatic rings. The molecule has 0 aliphatic carbocycles. The van der Waals surface area contributed by atoms with Gasteiger partial charge in [0, 0.05) is 0 Å². The summed E-state index contributed by atoms with van der Waals surface area (Å²) in [5.74, 6) is -2.53. The van der Waals surface area contributed by atoms with Gasteiger partial charge in [-0.25, -0.2) is 13.6 Å². The highest BCUT2D eigenvalue weighted by Gasteiger charge is 2.26. The first-order valence-electron chi connectivity index (χ1n) is 4.41. The molecule has 1 aromatic carbocycles. The van der Waals surface area contributed by atoms with Crippen LogP contribution in [0, 0.1) is 11.3 Å². The number of aromatic carboxylic acids is 1. The van der Waals surface area contributed by atoms with E-state index in [-0.39, 0.29) is 0 Å². The SMILES string of the molecule is N#Cc1c(C(=O)O)ccc(OC(F)F)c1C(F)F. The highest BCUT2D eigenvalue weighted by atomic mass is 19.3. The maximum Gasteiger partial charge on any atom is 0.387 e. The van der Waals surface area contributed by atoms with Crippen molar-refractivity contribution in [2.45, 2.75) is 13.0 Å². The minimum absolute atomic E-state index is 0.665. The maximum atomic E-state index is 12.7. The van der Waals surface area contributed by atoms with Crippen LogP contribution in [0.25, 0.3) is 0 Å². The van der Waals surface area contributed by atoms with Gasteiger partial charge >= 0.3 is 12.6 Å². The Labute approximate surface area is 98.0 Å². The summed E-state index contributed by atoms with van der Waals surface area (Å²) in [5, 5.41) is 17.4. The highest BCUT2D eigenvalue weighted by molar-refractivity contribution is 5.91. The second-order valence-electron chi connectivity index (χ2n) is 3.00. The molecule has 0 atom stereocenters. The van der Waals surface area contributed by atoms with Crippen LogP contribution in [0.1, 0.15) is 27.9 Å². The molecule has 8 heteroatoms. The van der Waals surface area contributed by atoms with E-state index in [1.165, 1.54) is 6.07 Å². The van der Waals surface area contributed by atoms with Crippen molar-refractivity contribution in [2.75, 3.05) is 0 Å². The molecule has 0 heterocycles. The number of carboxylic acids is 1. The number of nitriles is 1. The number of carboxylic acid groups (broad SMARTS) is 1. The van der Waals surface area contributed by atoms with Crippen LogP contribution in [-0.4, -0.2) is 17.7 Å². The summed E-state index contributed by atoms with van der Waals surface area (Å²) in [6.07, 6.45) is -3.31. The average molecular weight is 263 g/mol. The van der Waals surface area contributed by atoms with Gasteiger partial charge in [0.05, 0.1) is 16.7 Å². The number of hydrogen-bond acceptors (Lipinski definition) is 3. The maximum absolute atomic E-state index is 12.7. The molecule has 0 radical (unpaired) electrons. The lowest BCUT2D eigenvalue weighted by molar-refractivity contribution is -0.0519. The summed E-state index contributed by atoms with van der Waals surface area (Å²) in [6, 6.07) is 2.67. The smallest absolute Gasteiger partial charge is 0.387 e. The topological polar surface area (TPSA) is 70.3 Å². The third-order valence-electron chi connectivity index (χ3n) is 1.98. The van der Waals surface area contributed by atoms with Gasteiger partial charge in [-0.1, -0.05) is 0 Å². The largest absolute Gasteiger partial charge is 0.478 e. The monoisotopic (exact) mass is 263 g/mol. The molecule has 4 nitrogen and oxygen atoms in total. The zero-order valence-electron chi connectivity index (χ0n) is 8.53. The number of hydrogen-bond donors (Lipinski definition) is 1. The first-order valence-corrected chi connectivity index (χ1v) is 4.41. The molecule has 18 heavy (non-hydrogen) atoms. The highest BCUT2D eigenvalue weighted by Crippen LogP contribution is 2.34. The summed E-state index contributed by atoms with van der Waals surface area (Å²) >= 11 is 0. The first kappa shape index (κ1) is 13.8. The Kier molecular flexibility index (Phi) is 4.09. The minimum atomic E-state index is -3.36. The number of halogens is 4. The van der Waals surface area contributed by atoms with Gasteiger partial charge in [-0.2, -0.15) is 14.0 Å². The van der Waals surface area contributed by atoms with Crippen molar-refractivity contribution in [3.05, 3.63) is 28.8 Å². The van der Waals surface area contributed by atoms with E-state index in [4.69, 9.17) is 10.4 Å². The third-order valence-corrected chi connectivity index (χ3v) is 1.98. The Balaban J connectivity index is 3.49. The van der Waals surface area contributed by atoms with E-state index in [0.717, 1.165) is 6.07 Å². The summed E-state index contributed by atoms with van der Waals surface area (Å²) in [4.78, 5) is 10.7. The average Bonchev–Trinajstić information content (AvgIpc) is 2.26. The fraction of sp³-hybridized carbons (Fsp3) is 0.200. The molecule has 0 aliphatic rings. The summed E-state index contributed by atoms with van der Waals surface area (Å²) in [5.41, 5.74) is -2.75. The van der Waals surface area contributed by atoms with Gasteiger partial charge < -0.3 is 9.84 Å². The van der Waals surface area contributed by atoms with Gasteiger partial charge in [0.1, 0.15) is 11.8 Å². The predicted octanol–water partition coefficient (Wildman–Crippen LogP) is 2.80. The number of carbonyl (C=O) groups is 1. The van der Waals surface area contributed by atoms with Crippen molar-refractivity contribution in [1.29, 1.82) is 5.26 Å². The standard InChI is InChI=1S/C10H5F4NO3/c11-8(12)7-5(3-15)4(9(16)17)1-2-6(7)18-10(13)14/h1-2,8,10H,(H,16,17). The Morgan fingerprint density at radius 3 is 2.33 bits per heavy atom. The number of alkyl halides is 4. The van der Waals surface area contributed by atoms with Crippen LogP contribution in [0.5, 0.6) is 5.75 Å². The van der Waals surface area contributed by atoms with Crippen LogP contribution in [0.2, 0.25) is 0 Å². The van der Waals surface area contributed by atoms with Gasteiger partial charge in [-0.3, -0.25) is 0 Å². The molecule has 0 saturated heterocycles. The lowest BCUT2D eigenvalue weighted by Gasteiger charge is -2.12. The molecule has 0 fully saturated rings. The number of nitrogens with zero attached hydrogens (tertiary/aromatic N) is 1. The van der Waals surface area contributed by atoms with E-state index in [2.05, 4.69) is 4.74 Å². The molecule has 0 saturated carbocycles. The molecule has 0 aromatic heterocycles. The second-order valence-corrected chi connectivity index (χ2v) is 3.00. The number of rotatable bonds is 4. The molecule has 0 unspecified atom stereocenters. The fourth-order valence-electron chi connectivity index (χ4n) is 1.31. The number of benzene rings is 1. The summed E-state index contributed by atoms with van der Waals surface area (Å²) in [6.45, 7) is -3.36. The lowest BCUT2D eigenvalue weighted by Crippen LogP contribution is -2.09. The molecule has 1 rings (SSSR count). The van der Waals surface area contributed by atoms with Gasteiger partial charge in [-0.15, -0.1) is 0 Å². The molecule has 0 spiro atoms. The van der Waals surface area contributed by atoms with Crippen LogP contribution in [0.3, 0.4) is 0 Å². The molecule has 0 amide bonds. The van der Waals surface area contributed by atoms with Crippen molar-refractivity contribution in [1.82, 2.24) is 0 Å². The van der Waals surface area contributed by atoms with Crippen molar-refractivity contribution in [3.8, 4) is 11.8 Å². The molecular weight excluding hydrogens is 258 g/mol. The Bertz CT molecular complexity index is 511. The third kappa shape index (κ3) is 2.68. The van der Waals surface area contributed by atoms with E-state index in [1.54, 1.807) is 0 Å². The molecule has 1 N–H and O–H groups in total. The Morgan fingerprint density at radius 1 is 1.33 bits per heavy atom. The molecule has 0 aliphatic heterocycles. The van der Waals surface area contributed by atoms with Gasteiger partial charge in [0.15, 0.2) is 0 Å². The van der Waals surface area contributed by atoms with Gasteiger partial charge in [0.25, 0.3) is 6.43 Å². The lowest BCUT2D eigenvalue weighted by atomic mass is 10.0. The van der Waals surface area contributed by atoms with E-state index < -0.39 is 41.4 Å². The summed E-state index contributed by atoms with van der Waals surface area (Å²) < 4.78 is 53.2. The predicted molar refractivity (Wildman–Crippen MR) is 49.7 cm³/mol. The summed E-state index contributed by atoms with van der Waals surface area (Å²) in [7, 11) is 0.